The number of nitrogens with one attached hydrogen (secondary N) is 1. The summed E-state index contributed by atoms with van der Waals surface area (Å²) in [6.45, 7) is 2.71. The largest absolute Gasteiger partial charge is 0.462 e. The Labute approximate surface area is 135 Å². The van der Waals surface area contributed by atoms with Crippen LogP contribution in [-0.4, -0.2) is 44.8 Å². The predicted octanol–water partition coefficient (Wildman–Crippen LogP) is 1.28. The summed E-state index contributed by atoms with van der Waals surface area (Å²) in [5.41, 5.74) is 0.929. The van der Waals surface area contributed by atoms with Crippen molar-refractivity contribution in [3.63, 3.8) is 0 Å². The third-order valence-electron chi connectivity index (χ3n) is 3.78. The molecule has 1 saturated heterocycles. The first kappa shape index (κ1) is 17.4. The molecule has 0 bridgehead atoms. The Morgan fingerprint density at radius 2 is 1.83 bits per heavy atom. The molecule has 1 aliphatic heterocycles. The average Bonchev–Trinajstić information content (AvgIpc) is 2.56. The third kappa shape index (κ3) is 3.89. The molecule has 0 saturated carbocycles. The Hall–Kier alpha value is -1.93. The summed E-state index contributed by atoms with van der Waals surface area (Å²) in [6, 6.07) is 4.48. The van der Waals surface area contributed by atoms with E-state index >= 15 is 0 Å². The topological polar surface area (TPSA) is 92.8 Å². The highest BCUT2D eigenvalue weighted by molar-refractivity contribution is 7.89. The van der Waals surface area contributed by atoms with Gasteiger partial charge in [0.15, 0.2) is 0 Å². The number of rotatable bonds is 3. The normalized spacial score (nSPS) is 15.9. The molecule has 0 aliphatic carbocycles. The van der Waals surface area contributed by atoms with E-state index in [0.717, 1.165) is 26.4 Å². The molecule has 2 rings (SSSR count). The van der Waals surface area contributed by atoms with E-state index in [1.165, 1.54) is 16.4 Å². The third-order valence-corrected chi connectivity index (χ3v) is 5.68. The maximum atomic E-state index is 12.6. The van der Waals surface area contributed by atoms with E-state index in [4.69, 9.17) is 0 Å². The Morgan fingerprint density at radius 3 is 2.43 bits per heavy atom. The zero-order valence-corrected chi connectivity index (χ0v) is 14.0. The van der Waals surface area contributed by atoms with Crippen LogP contribution in [0.2, 0.25) is 0 Å². The predicted molar refractivity (Wildman–Crippen MR) is 84.4 cm³/mol. The standard InChI is InChI=1S/C15H20N2O5S/c1-11-6-7-12(10-13(11)16-14(18)15(19)22-2)23(20,21)17-8-4-3-5-9-17/h6-7,10H,3-5,8-9H2,1-2H3,(H,16,18). The van der Waals surface area contributed by atoms with Crippen molar-refractivity contribution in [3.8, 4) is 0 Å². The first-order valence-electron chi connectivity index (χ1n) is 7.36. The van der Waals surface area contributed by atoms with Gasteiger partial charge in [0.05, 0.1) is 12.0 Å². The van der Waals surface area contributed by atoms with Crippen LogP contribution in [-0.2, 0) is 24.3 Å². The summed E-state index contributed by atoms with van der Waals surface area (Å²) in [5.74, 6) is -1.98. The van der Waals surface area contributed by atoms with Crippen molar-refractivity contribution in [3.05, 3.63) is 23.8 Å². The highest BCUT2D eigenvalue weighted by atomic mass is 32.2. The molecule has 8 heteroatoms. The minimum atomic E-state index is -3.60. The molecule has 1 amide bonds. The number of carbonyl (C=O) groups excluding carboxylic acids is 2. The van der Waals surface area contributed by atoms with Gasteiger partial charge in [-0.05, 0) is 37.5 Å². The number of benzene rings is 1. The summed E-state index contributed by atoms with van der Waals surface area (Å²) in [6.07, 6.45) is 2.72. The van der Waals surface area contributed by atoms with Gasteiger partial charge in [-0.15, -0.1) is 0 Å². The van der Waals surface area contributed by atoms with Crippen molar-refractivity contribution < 1.29 is 22.7 Å². The molecule has 0 aromatic heterocycles. The molecule has 1 aromatic rings. The minimum Gasteiger partial charge on any atom is -0.462 e. The van der Waals surface area contributed by atoms with Crippen molar-refractivity contribution in [1.82, 2.24) is 4.31 Å². The molecule has 1 N–H and O–H groups in total. The maximum absolute atomic E-state index is 12.6. The number of aryl methyl sites for hydroxylation is 1. The Kier molecular flexibility index (Phi) is 5.38. The van der Waals surface area contributed by atoms with Crippen LogP contribution < -0.4 is 5.32 Å². The first-order valence-corrected chi connectivity index (χ1v) is 8.80. The summed E-state index contributed by atoms with van der Waals surface area (Å²) < 4.78 is 31.1. The van der Waals surface area contributed by atoms with Crippen LogP contribution >= 0.6 is 0 Å². The van der Waals surface area contributed by atoms with Crippen molar-refractivity contribution in [1.29, 1.82) is 0 Å². The molecule has 1 aliphatic rings. The van der Waals surface area contributed by atoms with Crippen LogP contribution in [0.1, 0.15) is 24.8 Å². The second kappa shape index (κ2) is 7.10. The Balaban J connectivity index is 2.29. The number of esters is 1. The van der Waals surface area contributed by atoms with E-state index < -0.39 is 21.9 Å². The van der Waals surface area contributed by atoms with Gasteiger partial charge in [0.1, 0.15) is 0 Å². The number of carbonyl (C=O) groups is 2. The smallest absolute Gasteiger partial charge is 0.396 e. The molecule has 0 radical (unpaired) electrons. The quantitative estimate of drug-likeness (QED) is 0.661. The average molecular weight is 340 g/mol. The lowest BCUT2D eigenvalue weighted by molar-refractivity contribution is -0.150. The first-order chi connectivity index (χ1) is 10.9. The van der Waals surface area contributed by atoms with Gasteiger partial charge < -0.3 is 10.1 Å². The van der Waals surface area contributed by atoms with E-state index in [1.54, 1.807) is 13.0 Å². The van der Waals surface area contributed by atoms with E-state index in [0.29, 0.717) is 18.7 Å². The van der Waals surface area contributed by atoms with E-state index in [2.05, 4.69) is 10.1 Å². The van der Waals surface area contributed by atoms with Crippen LogP contribution in [0.25, 0.3) is 0 Å². The van der Waals surface area contributed by atoms with Gasteiger partial charge in [0.25, 0.3) is 0 Å². The fraction of sp³-hybridized carbons (Fsp3) is 0.467. The van der Waals surface area contributed by atoms with Gasteiger partial charge in [0, 0.05) is 18.8 Å². The lowest BCUT2D eigenvalue weighted by atomic mass is 10.2. The molecular weight excluding hydrogens is 320 g/mol. The number of amides is 1. The number of hydrogen-bond acceptors (Lipinski definition) is 5. The Bertz CT molecular complexity index is 709. The molecule has 1 heterocycles. The molecule has 0 spiro atoms. The number of hydrogen-bond donors (Lipinski definition) is 1. The lowest BCUT2D eigenvalue weighted by Gasteiger charge is -2.26. The summed E-state index contributed by atoms with van der Waals surface area (Å²) in [4.78, 5) is 22.9. The summed E-state index contributed by atoms with van der Waals surface area (Å²) >= 11 is 0. The number of nitrogens with zero attached hydrogens (tertiary/aromatic N) is 1. The molecule has 0 atom stereocenters. The monoisotopic (exact) mass is 340 g/mol. The molecule has 126 valence electrons. The van der Waals surface area contributed by atoms with Crippen LogP contribution in [0, 0.1) is 6.92 Å². The molecule has 23 heavy (non-hydrogen) atoms. The highest BCUT2D eigenvalue weighted by Crippen LogP contribution is 2.25. The fourth-order valence-corrected chi connectivity index (χ4v) is 3.96. The van der Waals surface area contributed by atoms with Crippen LogP contribution in [0.3, 0.4) is 0 Å². The molecule has 7 nitrogen and oxygen atoms in total. The molecule has 1 fully saturated rings. The fourth-order valence-electron chi connectivity index (χ4n) is 2.42. The Morgan fingerprint density at radius 1 is 1.17 bits per heavy atom. The minimum absolute atomic E-state index is 0.102. The van der Waals surface area contributed by atoms with E-state index in [1.807, 2.05) is 0 Å². The van der Waals surface area contributed by atoms with Gasteiger partial charge >= 0.3 is 11.9 Å². The van der Waals surface area contributed by atoms with E-state index in [9.17, 15) is 18.0 Å². The van der Waals surface area contributed by atoms with Crippen molar-refractivity contribution in [2.45, 2.75) is 31.1 Å². The SMILES string of the molecule is COC(=O)C(=O)Nc1cc(S(=O)(=O)N2CCCCC2)ccc1C. The number of methoxy groups -OCH3 is 1. The van der Waals surface area contributed by atoms with Crippen LogP contribution in [0.5, 0.6) is 0 Å². The maximum Gasteiger partial charge on any atom is 0.396 e. The lowest BCUT2D eigenvalue weighted by Crippen LogP contribution is -2.35. The van der Waals surface area contributed by atoms with Crippen molar-refractivity contribution in [2.24, 2.45) is 0 Å². The molecule has 0 unspecified atom stereocenters. The number of ether oxygens (including phenoxy) is 1. The zero-order valence-electron chi connectivity index (χ0n) is 13.2. The van der Waals surface area contributed by atoms with Gasteiger partial charge in [-0.1, -0.05) is 12.5 Å². The number of sulfonamides is 1. The van der Waals surface area contributed by atoms with Crippen molar-refractivity contribution in [2.75, 3.05) is 25.5 Å². The van der Waals surface area contributed by atoms with Crippen molar-refractivity contribution >= 4 is 27.6 Å². The second-order valence-electron chi connectivity index (χ2n) is 5.39. The highest BCUT2D eigenvalue weighted by Gasteiger charge is 2.26. The van der Waals surface area contributed by atoms with Gasteiger partial charge in [-0.3, -0.25) is 4.79 Å². The second-order valence-corrected chi connectivity index (χ2v) is 7.33. The van der Waals surface area contributed by atoms with Gasteiger partial charge in [0.2, 0.25) is 10.0 Å². The summed E-state index contributed by atoms with van der Waals surface area (Å²) in [7, 11) is -2.49. The number of piperidine rings is 1. The van der Waals surface area contributed by atoms with Gasteiger partial charge in [-0.25, -0.2) is 13.2 Å². The molecule has 1 aromatic carbocycles. The van der Waals surface area contributed by atoms with Gasteiger partial charge in [-0.2, -0.15) is 4.31 Å². The van der Waals surface area contributed by atoms with Crippen LogP contribution in [0.4, 0.5) is 5.69 Å². The zero-order chi connectivity index (χ0) is 17.0. The van der Waals surface area contributed by atoms with Crippen LogP contribution in [0.15, 0.2) is 23.1 Å². The summed E-state index contributed by atoms with van der Waals surface area (Å²) in [5, 5.41) is 2.38. The van der Waals surface area contributed by atoms with E-state index in [-0.39, 0.29) is 10.6 Å². The number of anilines is 1. The molecular formula is C15H20N2O5S.